The molecule has 4 heteroatoms. The first-order valence-electron chi connectivity index (χ1n) is 7.63. The van der Waals surface area contributed by atoms with Crippen molar-refractivity contribution in [1.82, 2.24) is 4.98 Å². The predicted octanol–water partition coefficient (Wildman–Crippen LogP) is 4.55. The van der Waals surface area contributed by atoms with Gasteiger partial charge in [0.05, 0.1) is 12.1 Å². The number of aryl methyl sites for hydroxylation is 1. The van der Waals surface area contributed by atoms with Gasteiger partial charge in [-0.15, -0.1) is 11.3 Å². The van der Waals surface area contributed by atoms with E-state index in [4.69, 9.17) is 0 Å². The van der Waals surface area contributed by atoms with Crippen LogP contribution in [0.5, 0.6) is 0 Å². The summed E-state index contributed by atoms with van der Waals surface area (Å²) in [5, 5.41) is 5.74. The van der Waals surface area contributed by atoms with Crippen LogP contribution < -0.4 is 5.32 Å². The fraction of sp³-hybridized carbons (Fsp3) is 0.158. The van der Waals surface area contributed by atoms with E-state index in [1.807, 2.05) is 60.0 Å². The summed E-state index contributed by atoms with van der Waals surface area (Å²) < 4.78 is 0. The Bertz CT molecular complexity index is 779. The van der Waals surface area contributed by atoms with E-state index in [0.717, 1.165) is 28.4 Å². The highest BCUT2D eigenvalue weighted by Crippen LogP contribution is 2.22. The quantitative estimate of drug-likeness (QED) is 0.748. The molecular weight excluding hydrogens is 304 g/mol. The average molecular weight is 322 g/mol. The molecule has 0 bridgehead atoms. The first-order chi connectivity index (χ1) is 11.2. The Morgan fingerprint density at radius 2 is 1.83 bits per heavy atom. The first kappa shape index (κ1) is 15.4. The molecule has 1 aromatic heterocycles. The van der Waals surface area contributed by atoms with E-state index in [-0.39, 0.29) is 5.91 Å². The highest BCUT2D eigenvalue weighted by Gasteiger charge is 2.09. The van der Waals surface area contributed by atoms with Gasteiger partial charge in [-0.05, 0) is 24.1 Å². The van der Waals surface area contributed by atoms with Crippen LogP contribution in [0.25, 0.3) is 11.3 Å². The third-order valence-corrected chi connectivity index (χ3v) is 4.43. The molecule has 0 aliphatic rings. The molecule has 0 atom stereocenters. The molecular formula is C19H18N2OS. The molecule has 0 saturated heterocycles. The van der Waals surface area contributed by atoms with Crippen LogP contribution >= 0.6 is 11.3 Å². The lowest BCUT2D eigenvalue weighted by atomic mass is 10.1. The van der Waals surface area contributed by atoms with Crippen molar-refractivity contribution in [3.8, 4) is 11.3 Å². The standard InChI is InChI=1S/C19H18N2OS/c1-2-14-8-10-16(11-9-14)20-18(22)12-19-21-17(13-23-19)15-6-4-3-5-7-15/h3-11,13H,2,12H2,1H3,(H,20,22). The smallest absolute Gasteiger partial charge is 0.231 e. The third kappa shape index (κ3) is 4.05. The van der Waals surface area contributed by atoms with Gasteiger partial charge in [-0.25, -0.2) is 4.98 Å². The molecule has 3 aromatic rings. The molecule has 116 valence electrons. The lowest BCUT2D eigenvalue weighted by Crippen LogP contribution is -2.14. The van der Waals surface area contributed by atoms with Gasteiger partial charge in [0, 0.05) is 16.6 Å². The molecule has 3 nitrogen and oxygen atoms in total. The number of aromatic nitrogens is 1. The third-order valence-electron chi connectivity index (χ3n) is 3.58. The van der Waals surface area contributed by atoms with E-state index in [9.17, 15) is 4.79 Å². The van der Waals surface area contributed by atoms with Crippen molar-refractivity contribution in [2.24, 2.45) is 0 Å². The SMILES string of the molecule is CCc1ccc(NC(=O)Cc2nc(-c3ccccc3)cs2)cc1. The number of anilines is 1. The number of carbonyl (C=O) groups is 1. The lowest BCUT2D eigenvalue weighted by molar-refractivity contribution is -0.115. The highest BCUT2D eigenvalue weighted by atomic mass is 32.1. The van der Waals surface area contributed by atoms with Crippen LogP contribution in [-0.4, -0.2) is 10.9 Å². The molecule has 0 aliphatic heterocycles. The van der Waals surface area contributed by atoms with E-state index in [2.05, 4.69) is 17.2 Å². The minimum Gasteiger partial charge on any atom is -0.326 e. The summed E-state index contributed by atoms with van der Waals surface area (Å²) in [5.41, 5.74) is 4.08. The molecule has 2 aromatic carbocycles. The van der Waals surface area contributed by atoms with Crippen LogP contribution in [0.15, 0.2) is 60.0 Å². The van der Waals surface area contributed by atoms with Crippen molar-refractivity contribution in [2.75, 3.05) is 5.32 Å². The fourth-order valence-electron chi connectivity index (χ4n) is 2.30. The van der Waals surface area contributed by atoms with E-state index in [0.29, 0.717) is 6.42 Å². The molecule has 3 rings (SSSR count). The number of carbonyl (C=O) groups excluding carboxylic acids is 1. The van der Waals surface area contributed by atoms with Crippen LogP contribution in [-0.2, 0) is 17.6 Å². The van der Waals surface area contributed by atoms with Crippen LogP contribution in [0.4, 0.5) is 5.69 Å². The Balaban J connectivity index is 1.63. The molecule has 0 fully saturated rings. The van der Waals surface area contributed by atoms with Crippen molar-refractivity contribution in [1.29, 1.82) is 0 Å². The van der Waals surface area contributed by atoms with Gasteiger partial charge in [0.15, 0.2) is 0 Å². The molecule has 1 N–H and O–H groups in total. The predicted molar refractivity (Wildman–Crippen MR) is 95.7 cm³/mol. The van der Waals surface area contributed by atoms with E-state index >= 15 is 0 Å². The lowest BCUT2D eigenvalue weighted by Gasteiger charge is -2.04. The van der Waals surface area contributed by atoms with Gasteiger partial charge in [0.25, 0.3) is 0 Å². The number of nitrogens with zero attached hydrogens (tertiary/aromatic N) is 1. The number of amides is 1. The Hall–Kier alpha value is -2.46. The Kier molecular flexibility index (Phi) is 4.83. The van der Waals surface area contributed by atoms with Gasteiger partial charge in [0.1, 0.15) is 5.01 Å². The second kappa shape index (κ2) is 7.20. The van der Waals surface area contributed by atoms with Gasteiger partial charge in [-0.3, -0.25) is 4.79 Å². The summed E-state index contributed by atoms with van der Waals surface area (Å²) in [5.74, 6) is -0.0387. The van der Waals surface area contributed by atoms with Crippen molar-refractivity contribution in [3.63, 3.8) is 0 Å². The van der Waals surface area contributed by atoms with Gasteiger partial charge < -0.3 is 5.32 Å². The molecule has 0 radical (unpaired) electrons. The number of nitrogens with one attached hydrogen (secondary N) is 1. The van der Waals surface area contributed by atoms with Gasteiger partial charge >= 0.3 is 0 Å². The maximum absolute atomic E-state index is 12.1. The minimum atomic E-state index is -0.0387. The second-order valence-corrected chi connectivity index (χ2v) is 6.21. The summed E-state index contributed by atoms with van der Waals surface area (Å²) in [6.07, 6.45) is 1.29. The molecule has 0 spiro atoms. The minimum absolute atomic E-state index is 0.0387. The first-order valence-corrected chi connectivity index (χ1v) is 8.51. The van der Waals surface area contributed by atoms with Crippen molar-refractivity contribution < 1.29 is 4.79 Å². The average Bonchev–Trinajstić information content (AvgIpc) is 3.04. The monoisotopic (exact) mass is 322 g/mol. The number of thiazole rings is 1. The molecule has 0 aliphatic carbocycles. The zero-order valence-corrected chi connectivity index (χ0v) is 13.8. The van der Waals surface area contributed by atoms with E-state index < -0.39 is 0 Å². The Labute approximate surface area is 140 Å². The topological polar surface area (TPSA) is 42.0 Å². The van der Waals surface area contributed by atoms with Gasteiger partial charge in [0.2, 0.25) is 5.91 Å². The summed E-state index contributed by atoms with van der Waals surface area (Å²) in [7, 11) is 0. The van der Waals surface area contributed by atoms with Gasteiger partial charge in [-0.2, -0.15) is 0 Å². The maximum Gasteiger partial charge on any atom is 0.231 e. The van der Waals surface area contributed by atoms with E-state index in [1.54, 1.807) is 0 Å². The maximum atomic E-state index is 12.1. The van der Waals surface area contributed by atoms with Crippen LogP contribution in [0.3, 0.4) is 0 Å². The van der Waals surface area contributed by atoms with E-state index in [1.165, 1.54) is 16.9 Å². The molecule has 1 heterocycles. The number of benzene rings is 2. The Morgan fingerprint density at radius 1 is 1.09 bits per heavy atom. The molecule has 23 heavy (non-hydrogen) atoms. The van der Waals surface area contributed by atoms with Crippen LogP contribution in [0.2, 0.25) is 0 Å². The van der Waals surface area contributed by atoms with Crippen molar-refractivity contribution >= 4 is 22.9 Å². The van der Waals surface area contributed by atoms with Gasteiger partial charge in [-0.1, -0.05) is 49.4 Å². The number of hydrogen-bond acceptors (Lipinski definition) is 3. The second-order valence-electron chi connectivity index (χ2n) is 5.27. The highest BCUT2D eigenvalue weighted by molar-refractivity contribution is 7.10. The number of rotatable bonds is 5. The summed E-state index contributed by atoms with van der Waals surface area (Å²) >= 11 is 1.52. The Morgan fingerprint density at radius 3 is 2.52 bits per heavy atom. The van der Waals surface area contributed by atoms with Crippen LogP contribution in [0.1, 0.15) is 17.5 Å². The van der Waals surface area contributed by atoms with Crippen LogP contribution in [0, 0.1) is 0 Å². The molecule has 0 unspecified atom stereocenters. The fourth-order valence-corrected chi connectivity index (χ4v) is 3.10. The van der Waals surface area contributed by atoms with Crippen molar-refractivity contribution in [2.45, 2.75) is 19.8 Å². The van der Waals surface area contributed by atoms with Crippen molar-refractivity contribution in [3.05, 3.63) is 70.5 Å². The normalized spacial score (nSPS) is 10.5. The zero-order valence-electron chi connectivity index (χ0n) is 13.0. The largest absolute Gasteiger partial charge is 0.326 e. The molecule has 1 amide bonds. The summed E-state index contributed by atoms with van der Waals surface area (Å²) in [4.78, 5) is 16.7. The molecule has 0 saturated carbocycles. The summed E-state index contributed by atoms with van der Waals surface area (Å²) in [6.45, 7) is 2.11. The number of hydrogen-bond donors (Lipinski definition) is 1. The zero-order chi connectivity index (χ0) is 16.1. The summed E-state index contributed by atoms with van der Waals surface area (Å²) in [6, 6.07) is 17.9.